The summed E-state index contributed by atoms with van der Waals surface area (Å²) in [7, 11) is 0. The summed E-state index contributed by atoms with van der Waals surface area (Å²) in [6.45, 7) is 7.24. The van der Waals surface area contributed by atoms with E-state index in [0.717, 1.165) is 19.6 Å². The van der Waals surface area contributed by atoms with Gasteiger partial charge in [-0.1, -0.05) is 33.1 Å². The first-order valence-electron chi connectivity index (χ1n) is 7.14. The Kier molecular flexibility index (Phi) is 7.62. The van der Waals surface area contributed by atoms with Crippen molar-refractivity contribution in [1.82, 2.24) is 9.88 Å². The van der Waals surface area contributed by atoms with E-state index in [2.05, 4.69) is 35.9 Å². The summed E-state index contributed by atoms with van der Waals surface area (Å²) in [6, 6.07) is 4.68. The first-order valence-corrected chi connectivity index (χ1v) is 7.14. The summed E-state index contributed by atoms with van der Waals surface area (Å²) < 4.78 is 0. The summed E-state index contributed by atoms with van der Waals surface area (Å²) in [5.41, 5.74) is 7.25. The molecule has 1 aromatic rings. The van der Waals surface area contributed by atoms with E-state index in [4.69, 9.17) is 5.73 Å². The molecule has 0 fully saturated rings. The summed E-state index contributed by atoms with van der Waals surface area (Å²) in [4.78, 5) is 6.54. The number of unbranched alkanes of at least 4 members (excludes halogenated alkanes) is 2. The van der Waals surface area contributed by atoms with E-state index in [1.807, 2.05) is 12.4 Å². The first kappa shape index (κ1) is 15.1. The fourth-order valence-corrected chi connectivity index (χ4v) is 2.30. The van der Waals surface area contributed by atoms with Crippen LogP contribution in [-0.2, 0) is 6.54 Å². The molecule has 1 unspecified atom stereocenters. The fraction of sp³-hybridized carbons (Fsp3) is 0.667. The van der Waals surface area contributed by atoms with E-state index in [0.29, 0.717) is 6.04 Å². The number of nitrogens with zero attached hydrogens (tertiary/aromatic N) is 2. The van der Waals surface area contributed by atoms with Crippen molar-refractivity contribution in [3.63, 3.8) is 0 Å². The third kappa shape index (κ3) is 5.15. The standard InChI is InChI=1S/C15H27N3/c1-3-5-6-7-15(12-16)18(4-2)13-14-8-10-17-11-9-14/h8-11,15H,3-7,12-13,16H2,1-2H3. The van der Waals surface area contributed by atoms with E-state index >= 15 is 0 Å². The Morgan fingerprint density at radius 3 is 2.50 bits per heavy atom. The summed E-state index contributed by atoms with van der Waals surface area (Å²) in [6.07, 6.45) is 8.79. The Morgan fingerprint density at radius 2 is 1.94 bits per heavy atom. The summed E-state index contributed by atoms with van der Waals surface area (Å²) >= 11 is 0. The zero-order valence-corrected chi connectivity index (χ0v) is 11.8. The van der Waals surface area contributed by atoms with Gasteiger partial charge >= 0.3 is 0 Å². The molecule has 3 nitrogen and oxygen atoms in total. The SMILES string of the molecule is CCCCCC(CN)N(CC)Cc1ccncc1. The Hall–Kier alpha value is -0.930. The van der Waals surface area contributed by atoms with Crippen LogP contribution in [0.3, 0.4) is 0 Å². The molecule has 2 N–H and O–H groups in total. The molecular weight excluding hydrogens is 222 g/mol. The smallest absolute Gasteiger partial charge is 0.0271 e. The lowest BCUT2D eigenvalue weighted by molar-refractivity contribution is 0.188. The normalized spacial score (nSPS) is 12.9. The van der Waals surface area contributed by atoms with Gasteiger partial charge in [0.2, 0.25) is 0 Å². The van der Waals surface area contributed by atoms with Gasteiger partial charge in [0.25, 0.3) is 0 Å². The minimum atomic E-state index is 0.509. The van der Waals surface area contributed by atoms with Crippen molar-refractivity contribution >= 4 is 0 Å². The Bertz CT molecular complexity index is 300. The lowest BCUT2D eigenvalue weighted by Crippen LogP contribution is -2.40. The highest BCUT2D eigenvalue weighted by atomic mass is 15.2. The Balaban J connectivity index is 2.51. The van der Waals surface area contributed by atoms with Crippen LogP contribution in [-0.4, -0.2) is 29.0 Å². The zero-order chi connectivity index (χ0) is 13.2. The molecule has 0 amide bonds. The summed E-state index contributed by atoms with van der Waals surface area (Å²) in [5, 5.41) is 0. The predicted molar refractivity (Wildman–Crippen MR) is 77.3 cm³/mol. The first-order chi connectivity index (χ1) is 8.81. The van der Waals surface area contributed by atoms with Crippen LogP contribution >= 0.6 is 0 Å². The lowest BCUT2D eigenvalue weighted by atomic mass is 10.1. The van der Waals surface area contributed by atoms with Crippen LogP contribution in [0.15, 0.2) is 24.5 Å². The average molecular weight is 249 g/mol. The molecular formula is C15H27N3. The second-order valence-electron chi connectivity index (χ2n) is 4.80. The van der Waals surface area contributed by atoms with Crippen LogP contribution in [0.1, 0.15) is 45.1 Å². The van der Waals surface area contributed by atoms with Crippen molar-refractivity contribution in [2.24, 2.45) is 5.73 Å². The van der Waals surface area contributed by atoms with E-state index in [1.54, 1.807) is 0 Å². The van der Waals surface area contributed by atoms with Gasteiger partial charge < -0.3 is 5.73 Å². The molecule has 102 valence electrons. The largest absolute Gasteiger partial charge is 0.329 e. The second-order valence-corrected chi connectivity index (χ2v) is 4.80. The minimum absolute atomic E-state index is 0.509. The molecule has 18 heavy (non-hydrogen) atoms. The molecule has 0 aliphatic heterocycles. The maximum atomic E-state index is 5.93. The van der Waals surface area contributed by atoms with E-state index < -0.39 is 0 Å². The maximum absolute atomic E-state index is 5.93. The van der Waals surface area contributed by atoms with E-state index in [1.165, 1.54) is 31.2 Å². The van der Waals surface area contributed by atoms with Crippen molar-refractivity contribution in [3.8, 4) is 0 Å². The maximum Gasteiger partial charge on any atom is 0.0271 e. The number of likely N-dealkylation sites (N-methyl/N-ethyl adjacent to an activating group) is 1. The molecule has 0 aromatic carbocycles. The van der Waals surface area contributed by atoms with E-state index in [-0.39, 0.29) is 0 Å². The van der Waals surface area contributed by atoms with Gasteiger partial charge in [0.05, 0.1) is 0 Å². The topological polar surface area (TPSA) is 42.1 Å². The third-order valence-corrected chi connectivity index (χ3v) is 3.47. The number of rotatable bonds is 9. The van der Waals surface area contributed by atoms with Crippen LogP contribution < -0.4 is 5.73 Å². The van der Waals surface area contributed by atoms with Crippen molar-refractivity contribution in [1.29, 1.82) is 0 Å². The summed E-state index contributed by atoms with van der Waals surface area (Å²) in [5.74, 6) is 0. The highest BCUT2D eigenvalue weighted by Gasteiger charge is 2.15. The molecule has 0 radical (unpaired) electrons. The van der Waals surface area contributed by atoms with Crippen molar-refractivity contribution in [2.75, 3.05) is 13.1 Å². The van der Waals surface area contributed by atoms with Gasteiger partial charge in [0, 0.05) is 31.5 Å². The molecule has 0 aliphatic rings. The Morgan fingerprint density at radius 1 is 1.22 bits per heavy atom. The monoisotopic (exact) mass is 249 g/mol. The molecule has 0 saturated carbocycles. The van der Waals surface area contributed by atoms with Crippen LogP contribution in [0.5, 0.6) is 0 Å². The molecule has 1 rings (SSSR count). The second kappa shape index (κ2) is 9.06. The molecule has 3 heteroatoms. The van der Waals surface area contributed by atoms with Gasteiger partial charge in [0.15, 0.2) is 0 Å². The van der Waals surface area contributed by atoms with Gasteiger partial charge in [-0.3, -0.25) is 9.88 Å². The average Bonchev–Trinajstić information content (AvgIpc) is 2.43. The fourth-order valence-electron chi connectivity index (χ4n) is 2.30. The van der Waals surface area contributed by atoms with Crippen LogP contribution in [0.25, 0.3) is 0 Å². The van der Waals surface area contributed by atoms with Crippen LogP contribution in [0, 0.1) is 0 Å². The molecule has 0 spiro atoms. The quantitative estimate of drug-likeness (QED) is 0.684. The van der Waals surface area contributed by atoms with Crippen LogP contribution in [0.2, 0.25) is 0 Å². The molecule has 1 heterocycles. The van der Waals surface area contributed by atoms with Gasteiger partial charge in [-0.15, -0.1) is 0 Å². The molecule has 0 bridgehead atoms. The number of hydrogen-bond acceptors (Lipinski definition) is 3. The lowest BCUT2D eigenvalue weighted by Gasteiger charge is -2.30. The van der Waals surface area contributed by atoms with Gasteiger partial charge in [0.1, 0.15) is 0 Å². The Labute approximate surface area is 111 Å². The van der Waals surface area contributed by atoms with Gasteiger partial charge in [-0.2, -0.15) is 0 Å². The number of nitrogens with two attached hydrogens (primary N) is 1. The zero-order valence-electron chi connectivity index (χ0n) is 11.8. The van der Waals surface area contributed by atoms with Crippen molar-refractivity contribution < 1.29 is 0 Å². The molecule has 0 saturated heterocycles. The van der Waals surface area contributed by atoms with Crippen molar-refractivity contribution in [2.45, 2.75) is 52.1 Å². The molecule has 0 aliphatic carbocycles. The number of aromatic nitrogens is 1. The number of pyridine rings is 1. The van der Waals surface area contributed by atoms with Gasteiger partial charge in [-0.25, -0.2) is 0 Å². The highest BCUT2D eigenvalue weighted by Crippen LogP contribution is 2.12. The third-order valence-electron chi connectivity index (χ3n) is 3.47. The number of hydrogen-bond donors (Lipinski definition) is 1. The minimum Gasteiger partial charge on any atom is -0.329 e. The van der Waals surface area contributed by atoms with Gasteiger partial charge in [-0.05, 0) is 30.7 Å². The van der Waals surface area contributed by atoms with Crippen LogP contribution in [0.4, 0.5) is 0 Å². The molecule has 1 atom stereocenters. The van der Waals surface area contributed by atoms with E-state index in [9.17, 15) is 0 Å². The predicted octanol–water partition coefficient (Wildman–Crippen LogP) is 2.81. The highest BCUT2D eigenvalue weighted by molar-refractivity contribution is 5.09. The molecule has 1 aromatic heterocycles. The van der Waals surface area contributed by atoms with Crippen molar-refractivity contribution in [3.05, 3.63) is 30.1 Å².